The maximum absolute atomic E-state index is 12.9. The number of hydrogen-bond acceptors (Lipinski definition) is 2. The third-order valence-electron chi connectivity index (χ3n) is 6.10. The van der Waals surface area contributed by atoms with E-state index in [1.807, 2.05) is 34.1 Å². The first-order chi connectivity index (χ1) is 12.7. The maximum atomic E-state index is 12.9. The van der Waals surface area contributed by atoms with Gasteiger partial charge in [-0.15, -0.1) is 0 Å². The lowest BCUT2D eigenvalue weighted by molar-refractivity contribution is 0.0596. The van der Waals surface area contributed by atoms with Gasteiger partial charge in [0.05, 0.1) is 0 Å². The van der Waals surface area contributed by atoms with Gasteiger partial charge in [-0.2, -0.15) is 0 Å². The lowest BCUT2D eigenvalue weighted by Crippen LogP contribution is -2.44. The average molecular weight is 357 g/mol. The van der Waals surface area contributed by atoms with E-state index in [2.05, 4.69) is 13.8 Å². The molecule has 2 aliphatic rings. The quantitative estimate of drug-likeness (QED) is 0.797. The molecule has 0 N–H and O–H groups in total. The third-order valence-corrected chi connectivity index (χ3v) is 6.10. The molecule has 1 aromatic rings. The second-order valence-corrected chi connectivity index (χ2v) is 7.69. The summed E-state index contributed by atoms with van der Waals surface area (Å²) in [7, 11) is 0. The van der Waals surface area contributed by atoms with Gasteiger partial charge in [0, 0.05) is 36.3 Å². The van der Waals surface area contributed by atoms with E-state index in [9.17, 15) is 9.59 Å². The van der Waals surface area contributed by atoms with Crippen LogP contribution in [0.1, 0.15) is 85.9 Å². The van der Waals surface area contributed by atoms with Crippen LogP contribution in [0.2, 0.25) is 0 Å². The molecular weight excluding hydrogens is 324 g/mol. The van der Waals surface area contributed by atoms with Crippen LogP contribution in [0, 0.1) is 0 Å². The molecule has 2 heterocycles. The van der Waals surface area contributed by atoms with Gasteiger partial charge in [0.2, 0.25) is 0 Å². The minimum absolute atomic E-state index is 0.111. The number of nitrogens with zero attached hydrogens (tertiary/aromatic N) is 2. The van der Waals surface area contributed by atoms with E-state index in [0.717, 1.165) is 51.6 Å². The van der Waals surface area contributed by atoms with Crippen molar-refractivity contribution in [3.63, 3.8) is 0 Å². The molecule has 2 aliphatic heterocycles. The van der Waals surface area contributed by atoms with Gasteiger partial charge in [0.1, 0.15) is 0 Å². The first kappa shape index (κ1) is 18.9. The number of likely N-dealkylation sites (tertiary alicyclic amines) is 2. The summed E-state index contributed by atoms with van der Waals surface area (Å²) in [6, 6.07) is 8.06. The zero-order valence-corrected chi connectivity index (χ0v) is 16.2. The normalized spacial score (nSPS) is 23.8. The van der Waals surface area contributed by atoms with Crippen LogP contribution in [-0.2, 0) is 0 Å². The first-order valence-corrected chi connectivity index (χ1v) is 10.4. The number of benzene rings is 1. The van der Waals surface area contributed by atoms with Crippen LogP contribution in [0.3, 0.4) is 0 Å². The summed E-state index contributed by atoms with van der Waals surface area (Å²) < 4.78 is 0. The maximum Gasteiger partial charge on any atom is 0.254 e. The predicted molar refractivity (Wildman–Crippen MR) is 104 cm³/mol. The Morgan fingerprint density at radius 3 is 1.50 bits per heavy atom. The van der Waals surface area contributed by atoms with E-state index in [4.69, 9.17) is 0 Å². The summed E-state index contributed by atoms with van der Waals surface area (Å²) in [6.45, 7) is 6.01. The van der Waals surface area contributed by atoms with Crippen molar-refractivity contribution in [1.29, 1.82) is 0 Å². The number of piperidine rings is 2. The summed E-state index contributed by atoms with van der Waals surface area (Å²) in [5.41, 5.74) is 1.40. The average Bonchev–Trinajstić information content (AvgIpc) is 2.72. The third kappa shape index (κ3) is 3.94. The summed E-state index contributed by atoms with van der Waals surface area (Å²) in [4.78, 5) is 29.8. The van der Waals surface area contributed by atoms with Gasteiger partial charge in [-0.25, -0.2) is 0 Å². The Labute approximate surface area is 157 Å². The van der Waals surface area contributed by atoms with Crippen molar-refractivity contribution >= 4 is 11.8 Å². The number of carbonyl (C=O) groups is 2. The highest BCUT2D eigenvalue weighted by Gasteiger charge is 2.28. The monoisotopic (exact) mass is 356 g/mol. The highest BCUT2D eigenvalue weighted by atomic mass is 16.2. The van der Waals surface area contributed by atoms with Crippen molar-refractivity contribution < 1.29 is 9.59 Å². The Bertz CT molecular complexity index is 571. The van der Waals surface area contributed by atoms with Gasteiger partial charge in [-0.05, 0) is 75.6 Å². The van der Waals surface area contributed by atoms with E-state index in [1.54, 1.807) is 0 Å². The molecule has 4 nitrogen and oxygen atoms in total. The second kappa shape index (κ2) is 8.70. The molecule has 2 atom stereocenters. The molecular formula is C22H32N2O2. The molecule has 0 spiro atoms. The van der Waals surface area contributed by atoms with Crippen molar-refractivity contribution in [2.75, 3.05) is 13.1 Å². The number of carbonyl (C=O) groups excluding carboxylic acids is 2. The molecule has 2 amide bonds. The highest BCUT2D eigenvalue weighted by Crippen LogP contribution is 2.24. The van der Waals surface area contributed by atoms with Gasteiger partial charge in [0.15, 0.2) is 0 Å². The zero-order chi connectivity index (χ0) is 18.5. The molecule has 0 aliphatic carbocycles. The van der Waals surface area contributed by atoms with Crippen LogP contribution >= 0.6 is 0 Å². The number of rotatable bonds is 4. The fourth-order valence-electron chi connectivity index (χ4n) is 4.47. The van der Waals surface area contributed by atoms with Gasteiger partial charge in [0.25, 0.3) is 11.8 Å². The second-order valence-electron chi connectivity index (χ2n) is 7.69. The Morgan fingerprint density at radius 1 is 0.769 bits per heavy atom. The largest absolute Gasteiger partial charge is 0.336 e. The van der Waals surface area contributed by atoms with Crippen LogP contribution in [0.4, 0.5) is 0 Å². The Balaban J connectivity index is 1.71. The van der Waals surface area contributed by atoms with E-state index >= 15 is 0 Å². The molecule has 0 bridgehead atoms. The van der Waals surface area contributed by atoms with E-state index < -0.39 is 0 Å². The van der Waals surface area contributed by atoms with Crippen LogP contribution in [-0.4, -0.2) is 46.8 Å². The van der Waals surface area contributed by atoms with Gasteiger partial charge in [-0.3, -0.25) is 9.59 Å². The Morgan fingerprint density at radius 2 is 1.15 bits per heavy atom. The SMILES string of the molecule is CC[C@H]1CCCCN1C(=O)c1ccc(C(=O)N2CCCC[C@@H]2CC)cc1. The molecule has 0 aromatic heterocycles. The van der Waals surface area contributed by atoms with Crippen LogP contribution in [0.5, 0.6) is 0 Å². The summed E-state index contributed by atoms with van der Waals surface area (Å²) in [5.74, 6) is 0.222. The predicted octanol–water partition coefficient (Wildman–Crippen LogP) is 4.50. The van der Waals surface area contributed by atoms with Crippen molar-refractivity contribution in [3.8, 4) is 0 Å². The Kier molecular flexibility index (Phi) is 6.33. The lowest BCUT2D eigenvalue weighted by Gasteiger charge is -2.36. The molecule has 2 saturated heterocycles. The fraction of sp³-hybridized carbons (Fsp3) is 0.636. The lowest BCUT2D eigenvalue weighted by atomic mass is 9.97. The van der Waals surface area contributed by atoms with Crippen LogP contribution < -0.4 is 0 Å². The molecule has 3 rings (SSSR count). The Hall–Kier alpha value is -1.84. The van der Waals surface area contributed by atoms with E-state index in [-0.39, 0.29) is 11.8 Å². The summed E-state index contributed by atoms with van der Waals surface area (Å²) in [5, 5.41) is 0. The number of amides is 2. The molecule has 1 aromatic carbocycles. The molecule has 0 saturated carbocycles. The summed E-state index contributed by atoms with van der Waals surface area (Å²) in [6.07, 6.45) is 8.83. The van der Waals surface area contributed by atoms with Crippen LogP contribution in [0.15, 0.2) is 24.3 Å². The minimum atomic E-state index is 0.111. The van der Waals surface area contributed by atoms with Gasteiger partial charge < -0.3 is 9.80 Å². The molecule has 2 fully saturated rings. The molecule has 0 unspecified atom stereocenters. The van der Waals surface area contributed by atoms with Crippen LogP contribution in [0.25, 0.3) is 0 Å². The molecule has 142 valence electrons. The fourth-order valence-corrected chi connectivity index (χ4v) is 4.47. The minimum Gasteiger partial charge on any atom is -0.336 e. The van der Waals surface area contributed by atoms with Crippen molar-refractivity contribution in [2.24, 2.45) is 0 Å². The van der Waals surface area contributed by atoms with E-state index in [1.165, 1.54) is 12.8 Å². The summed E-state index contributed by atoms with van der Waals surface area (Å²) >= 11 is 0. The van der Waals surface area contributed by atoms with Gasteiger partial charge in [-0.1, -0.05) is 13.8 Å². The topological polar surface area (TPSA) is 40.6 Å². The van der Waals surface area contributed by atoms with Crippen molar-refractivity contribution in [3.05, 3.63) is 35.4 Å². The van der Waals surface area contributed by atoms with Crippen molar-refractivity contribution in [2.45, 2.75) is 77.3 Å². The first-order valence-electron chi connectivity index (χ1n) is 10.4. The standard InChI is InChI=1S/C22H32N2O2/c1-3-19-9-5-7-15-23(19)21(25)17-11-13-18(14-12-17)22(26)24-16-8-6-10-20(24)4-2/h11-14,19-20H,3-10,15-16H2,1-2H3/t19-,20-/m0/s1. The van der Waals surface area contributed by atoms with E-state index in [0.29, 0.717) is 23.2 Å². The molecule has 4 heteroatoms. The zero-order valence-electron chi connectivity index (χ0n) is 16.2. The smallest absolute Gasteiger partial charge is 0.254 e. The van der Waals surface area contributed by atoms with Gasteiger partial charge >= 0.3 is 0 Å². The molecule has 0 radical (unpaired) electrons. The molecule has 26 heavy (non-hydrogen) atoms. The highest BCUT2D eigenvalue weighted by molar-refractivity contribution is 5.98. The number of hydrogen-bond donors (Lipinski definition) is 0. The van der Waals surface area contributed by atoms with Crippen molar-refractivity contribution in [1.82, 2.24) is 9.80 Å².